The van der Waals surface area contributed by atoms with E-state index in [9.17, 15) is 9.59 Å². The third kappa shape index (κ3) is 6.90. The first-order valence-corrected chi connectivity index (χ1v) is 8.45. The average molecular weight is 363 g/mol. The SMILES string of the molecule is CN(CC(=O)NC(C)(C)C)C(=O)CSc1cc(Cl)ccc1Cl. The molecule has 0 fully saturated rings. The van der Waals surface area contributed by atoms with Gasteiger partial charge in [-0.1, -0.05) is 23.2 Å². The maximum absolute atomic E-state index is 12.1. The minimum Gasteiger partial charge on any atom is -0.350 e. The first-order valence-electron chi connectivity index (χ1n) is 6.71. The molecule has 4 nitrogen and oxygen atoms in total. The molecule has 0 radical (unpaired) electrons. The maximum atomic E-state index is 12.1. The molecule has 2 amide bonds. The molecular weight excluding hydrogens is 343 g/mol. The molecule has 7 heteroatoms. The Morgan fingerprint density at radius 3 is 2.50 bits per heavy atom. The van der Waals surface area contributed by atoms with Crippen molar-refractivity contribution in [2.45, 2.75) is 31.2 Å². The second kappa shape index (κ2) is 8.09. The van der Waals surface area contributed by atoms with Gasteiger partial charge in [-0.05, 0) is 39.0 Å². The number of nitrogens with one attached hydrogen (secondary N) is 1. The summed E-state index contributed by atoms with van der Waals surface area (Å²) in [5, 5.41) is 3.94. The second-order valence-electron chi connectivity index (χ2n) is 5.91. The molecule has 0 saturated heterocycles. The Balaban J connectivity index is 2.51. The number of rotatable bonds is 5. The fourth-order valence-corrected chi connectivity index (χ4v) is 3.03. The van der Waals surface area contributed by atoms with E-state index in [0.29, 0.717) is 10.0 Å². The lowest BCUT2D eigenvalue weighted by Gasteiger charge is -2.23. The normalized spacial score (nSPS) is 11.2. The van der Waals surface area contributed by atoms with Crippen LogP contribution in [-0.4, -0.2) is 41.6 Å². The van der Waals surface area contributed by atoms with Crippen LogP contribution in [0.3, 0.4) is 0 Å². The molecule has 0 aliphatic carbocycles. The van der Waals surface area contributed by atoms with Crippen molar-refractivity contribution in [2.75, 3.05) is 19.3 Å². The Labute approximate surface area is 145 Å². The third-order valence-electron chi connectivity index (χ3n) is 2.57. The number of benzene rings is 1. The lowest BCUT2D eigenvalue weighted by molar-refractivity contribution is -0.133. The molecule has 0 aromatic heterocycles. The van der Waals surface area contributed by atoms with Gasteiger partial charge < -0.3 is 10.2 Å². The topological polar surface area (TPSA) is 49.4 Å². The van der Waals surface area contributed by atoms with E-state index in [0.717, 1.165) is 4.90 Å². The van der Waals surface area contributed by atoms with Crippen molar-refractivity contribution in [2.24, 2.45) is 0 Å². The molecule has 0 bridgehead atoms. The highest BCUT2D eigenvalue weighted by Gasteiger charge is 2.18. The number of carbonyl (C=O) groups excluding carboxylic acids is 2. The standard InChI is InChI=1S/C15H20Cl2N2O2S/c1-15(2,3)18-13(20)8-19(4)14(21)9-22-12-7-10(16)5-6-11(12)17/h5-7H,8-9H2,1-4H3,(H,18,20). The van der Waals surface area contributed by atoms with Crippen molar-refractivity contribution in [1.29, 1.82) is 0 Å². The van der Waals surface area contributed by atoms with Crippen LogP contribution in [-0.2, 0) is 9.59 Å². The summed E-state index contributed by atoms with van der Waals surface area (Å²) in [6.07, 6.45) is 0. The van der Waals surface area contributed by atoms with Crippen molar-refractivity contribution >= 4 is 46.8 Å². The number of nitrogens with zero attached hydrogens (tertiary/aromatic N) is 1. The van der Waals surface area contributed by atoms with Crippen LogP contribution in [0, 0.1) is 0 Å². The molecule has 1 N–H and O–H groups in total. The molecule has 22 heavy (non-hydrogen) atoms. The highest BCUT2D eigenvalue weighted by molar-refractivity contribution is 8.00. The van der Waals surface area contributed by atoms with Crippen LogP contribution in [0.1, 0.15) is 20.8 Å². The van der Waals surface area contributed by atoms with Crippen molar-refractivity contribution < 1.29 is 9.59 Å². The molecule has 0 heterocycles. The van der Waals surface area contributed by atoms with Crippen molar-refractivity contribution in [3.05, 3.63) is 28.2 Å². The van der Waals surface area contributed by atoms with Gasteiger partial charge in [-0.3, -0.25) is 9.59 Å². The summed E-state index contributed by atoms with van der Waals surface area (Å²) in [7, 11) is 1.60. The van der Waals surface area contributed by atoms with Gasteiger partial charge in [0, 0.05) is 22.5 Å². The summed E-state index contributed by atoms with van der Waals surface area (Å²) < 4.78 is 0. The molecule has 0 aliphatic rings. The van der Waals surface area contributed by atoms with Gasteiger partial charge in [-0.25, -0.2) is 0 Å². The van der Waals surface area contributed by atoms with Crippen molar-refractivity contribution in [1.82, 2.24) is 10.2 Å². The molecule has 1 rings (SSSR count). The van der Waals surface area contributed by atoms with Crippen LogP contribution in [0.2, 0.25) is 10.0 Å². The Morgan fingerprint density at radius 2 is 1.91 bits per heavy atom. The number of amides is 2. The number of hydrogen-bond donors (Lipinski definition) is 1. The van der Waals surface area contributed by atoms with E-state index in [1.54, 1.807) is 25.2 Å². The van der Waals surface area contributed by atoms with Crippen LogP contribution in [0.5, 0.6) is 0 Å². The van der Waals surface area contributed by atoms with Gasteiger partial charge >= 0.3 is 0 Å². The van der Waals surface area contributed by atoms with E-state index in [-0.39, 0.29) is 29.7 Å². The predicted octanol–water partition coefficient (Wildman–Crippen LogP) is 3.46. The average Bonchev–Trinajstić information content (AvgIpc) is 2.37. The Morgan fingerprint density at radius 1 is 1.27 bits per heavy atom. The zero-order chi connectivity index (χ0) is 16.9. The first kappa shape index (κ1) is 19.1. The summed E-state index contributed by atoms with van der Waals surface area (Å²) in [4.78, 5) is 26.0. The molecule has 0 atom stereocenters. The predicted molar refractivity (Wildman–Crippen MR) is 92.7 cm³/mol. The largest absolute Gasteiger partial charge is 0.350 e. The van der Waals surface area contributed by atoms with E-state index in [1.165, 1.54) is 16.7 Å². The van der Waals surface area contributed by atoms with E-state index in [1.807, 2.05) is 20.8 Å². The highest BCUT2D eigenvalue weighted by Crippen LogP contribution is 2.29. The summed E-state index contributed by atoms with van der Waals surface area (Å²) in [6.45, 7) is 5.71. The summed E-state index contributed by atoms with van der Waals surface area (Å²) in [6, 6.07) is 5.10. The quantitative estimate of drug-likeness (QED) is 0.815. The smallest absolute Gasteiger partial charge is 0.240 e. The number of halogens is 2. The summed E-state index contributed by atoms with van der Waals surface area (Å²) >= 11 is 13.3. The van der Waals surface area contributed by atoms with Gasteiger partial charge in [0.05, 0.1) is 17.3 Å². The highest BCUT2D eigenvalue weighted by atomic mass is 35.5. The molecule has 0 unspecified atom stereocenters. The minimum atomic E-state index is -0.315. The van der Waals surface area contributed by atoms with E-state index in [2.05, 4.69) is 5.32 Å². The molecule has 0 saturated carbocycles. The Bertz CT molecular complexity index is 559. The van der Waals surface area contributed by atoms with E-state index >= 15 is 0 Å². The molecule has 122 valence electrons. The van der Waals surface area contributed by atoms with Crippen LogP contribution in [0.4, 0.5) is 0 Å². The van der Waals surface area contributed by atoms with Gasteiger partial charge in [0.15, 0.2) is 0 Å². The van der Waals surface area contributed by atoms with Gasteiger partial charge in [0.1, 0.15) is 0 Å². The summed E-state index contributed by atoms with van der Waals surface area (Å²) in [5.74, 6) is -0.140. The van der Waals surface area contributed by atoms with Crippen LogP contribution in [0.25, 0.3) is 0 Å². The Kier molecular flexibility index (Phi) is 7.03. The third-order valence-corrected chi connectivity index (χ3v) is 4.28. The van der Waals surface area contributed by atoms with Crippen LogP contribution >= 0.6 is 35.0 Å². The molecule has 1 aromatic carbocycles. The van der Waals surface area contributed by atoms with Gasteiger partial charge in [-0.15, -0.1) is 11.8 Å². The molecule has 0 aliphatic heterocycles. The van der Waals surface area contributed by atoms with Crippen LogP contribution in [0.15, 0.2) is 23.1 Å². The number of thioether (sulfide) groups is 1. The maximum Gasteiger partial charge on any atom is 0.240 e. The van der Waals surface area contributed by atoms with E-state index in [4.69, 9.17) is 23.2 Å². The van der Waals surface area contributed by atoms with Gasteiger partial charge in [0.2, 0.25) is 11.8 Å². The van der Waals surface area contributed by atoms with Crippen LogP contribution < -0.4 is 5.32 Å². The second-order valence-corrected chi connectivity index (χ2v) is 7.77. The zero-order valence-electron chi connectivity index (χ0n) is 13.1. The lowest BCUT2D eigenvalue weighted by Crippen LogP contribution is -2.46. The van der Waals surface area contributed by atoms with Gasteiger partial charge in [0.25, 0.3) is 0 Å². The van der Waals surface area contributed by atoms with Crippen molar-refractivity contribution in [3.63, 3.8) is 0 Å². The first-order chi connectivity index (χ1) is 10.1. The zero-order valence-corrected chi connectivity index (χ0v) is 15.4. The van der Waals surface area contributed by atoms with Gasteiger partial charge in [-0.2, -0.15) is 0 Å². The molecular formula is C15H20Cl2N2O2S. The molecule has 0 spiro atoms. The summed E-state index contributed by atoms with van der Waals surface area (Å²) in [5.41, 5.74) is -0.315. The fraction of sp³-hybridized carbons (Fsp3) is 0.467. The fourth-order valence-electron chi connectivity index (χ4n) is 1.60. The number of hydrogen-bond acceptors (Lipinski definition) is 3. The Hall–Kier alpha value is -0.910. The monoisotopic (exact) mass is 362 g/mol. The lowest BCUT2D eigenvalue weighted by atomic mass is 10.1. The number of carbonyl (C=O) groups is 2. The molecule has 1 aromatic rings. The minimum absolute atomic E-state index is 0.0277. The number of likely N-dealkylation sites (N-methyl/N-ethyl adjacent to an activating group) is 1. The van der Waals surface area contributed by atoms with E-state index < -0.39 is 0 Å². The van der Waals surface area contributed by atoms with Crippen molar-refractivity contribution in [3.8, 4) is 0 Å².